The minimum absolute atomic E-state index is 0.0261. The second-order valence-corrected chi connectivity index (χ2v) is 8.14. The number of hydrogen-bond donors (Lipinski definition) is 2. The van der Waals surface area contributed by atoms with Crippen molar-refractivity contribution in [3.05, 3.63) is 56.9 Å². The van der Waals surface area contributed by atoms with Gasteiger partial charge in [-0.3, -0.25) is 9.59 Å². The molecule has 176 valence electrons. The maximum atomic E-state index is 13.4. The Bertz CT molecular complexity index is 1410. The molecule has 0 aliphatic carbocycles. The highest BCUT2D eigenvalue weighted by molar-refractivity contribution is 7.21. The molecule has 0 unspecified atom stereocenters. The minimum atomic E-state index is -2.88. The third kappa shape index (κ3) is 4.34. The number of primary amides is 1. The highest BCUT2D eigenvalue weighted by Gasteiger charge is 2.26. The number of carbonyl (C=O) groups is 2. The molecule has 0 atom stereocenters. The van der Waals surface area contributed by atoms with Crippen LogP contribution in [0.1, 0.15) is 33.9 Å². The number of nitro groups is 1. The zero-order valence-corrected chi connectivity index (χ0v) is 18.3. The van der Waals surface area contributed by atoms with E-state index in [2.05, 4.69) is 15.4 Å². The molecule has 4 aromatic heterocycles. The van der Waals surface area contributed by atoms with E-state index in [1.165, 1.54) is 17.0 Å². The van der Waals surface area contributed by atoms with Crippen LogP contribution in [0.3, 0.4) is 0 Å². The monoisotopic (exact) mass is 490 g/mol. The Morgan fingerprint density at radius 1 is 1.38 bits per heavy atom. The van der Waals surface area contributed by atoms with Gasteiger partial charge in [-0.05, 0) is 30.0 Å². The molecule has 2 amide bonds. The number of hydrogen-bond acceptors (Lipinski definition) is 8. The Kier molecular flexibility index (Phi) is 6.06. The van der Waals surface area contributed by atoms with E-state index in [9.17, 15) is 28.5 Å². The van der Waals surface area contributed by atoms with Crippen LogP contribution in [0.25, 0.3) is 21.5 Å². The van der Waals surface area contributed by atoms with Crippen molar-refractivity contribution in [3.63, 3.8) is 0 Å². The molecule has 14 heteroatoms. The lowest BCUT2D eigenvalue weighted by Crippen LogP contribution is -2.18. The molecule has 0 saturated heterocycles. The number of aromatic nitrogens is 3. The lowest BCUT2D eigenvalue weighted by Gasteiger charge is -2.09. The zero-order chi connectivity index (χ0) is 24.6. The number of alkyl halides is 2. The molecule has 0 aliphatic rings. The highest BCUT2D eigenvalue weighted by atomic mass is 32.1. The molecule has 11 nitrogen and oxygen atoms in total. The minimum Gasteiger partial charge on any atom is -0.464 e. The number of rotatable bonds is 8. The summed E-state index contributed by atoms with van der Waals surface area (Å²) in [6, 6.07) is 5.52. The summed E-state index contributed by atoms with van der Waals surface area (Å²) in [5.41, 5.74) is 5.68. The number of nitrogens with two attached hydrogens (primary N) is 1. The van der Waals surface area contributed by atoms with Gasteiger partial charge in [0.25, 0.3) is 12.3 Å². The SMILES string of the molecule is Cc1cc([N+](=O)[O-])nn1CCC(=O)Nc1c(C(N)=O)sc2nc(C(F)F)cc(-c3ccco3)c12. The van der Waals surface area contributed by atoms with Gasteiger partial charge < -0.3 is 25.6 Å². The molecule has 0 fully saturated rings. The Morgan fingerprint density at radius 3 is 2.74 bits per heavy atom. The molecule has 0 aromatic carbocycles. The number of halogens is 2. The van der Waals surface area contributed by atoms with E-state index < -0.39 is 28.9 Å². The van der Waals surface area contributed by atoms with E-state index in [0.717, 1.165) is 17.4 Å². The van der Waals surface area contributed by atoms with Gasteiger partial charge in [0, 0.05) is 17.4 Å². The summed E-state index contributed by atoms with van der Waals surface area (Å²) in [5, 5.41) is 17.6. The number of amides is 2. The average Bonchev–Trinajstić information content (AvgIpc) is 3.51. The predicted molar refractivity (Wildman–Crippen MR) is 118 cm³/mol. The summed E-state index contributed by atoms with van der Waals surface area (Å²) in [6.07, 6.45) is -1.67. The van der Waals surface area contributed by atoms with Crippen LogP contribution >= 0.6 is 11.3 Å². The van der Waals surface area contributed by atoms with Gasteiger partial charge in [0.15, 0.2) is 0 Å². The van der Waals surface area contributed by atoms with Gasteiger partial charge in [0.05, 0.1) is 35.4 Å². The number of aryl methyl sites for hydroxylation is 2. The van der Waals surface area contributed by atoms with Gasteiger partial charge in [0.2, 0.25) is 5.91 Å². The maximum Gasteiger partial charge on any atom is 0.390 e. The number of pyridine rings is 1. The summed E-state index contributed by atoms with van der Waals surface area (Å²) in [7, 11) is 0. The van der Waals surface area contributed by atoms with Crippen molar-refractivity contribution in [2.45, 2.75) is 26.3 Å². The average molecular weight is 490 g/mol. The highest BCUT2D eigenvalue weighted by Crippen LogP contribution is 2.42. The van der Waals surface area contributed by atoms with E-state index >= 15 is 0 Å². The fourth-order valence-corrected chi connectivity index (χ4v) is 4.38. The summed E-state index contributed by atoms with van der Waals surface area (Å²) >= 11 is 0.773. The molecule has 0 spiro atoms. The topological polar surface area (TPSA) is 159 Å². The number of thiophene rings is 1. The molecule has 0 saturated carbocycles. The predicted octanol–water partition coefficient (Wildman–Crippen LogP) is 4.03. The second-order valence-electron chi connectivity index (χ2n) is 7.15. The van der Waals surface area contributed by atoms with Crippen molar-refractivity contribution in [2.24, 2.45) is 5.73 Å². The first-order valence-electron chi connectivity index (χ1n) is 9.73. The molecule has 4 rings (SSSR count). The first kappa shape index (κ1) is 23.0. The molecule has 4 aromatic rings. The molecular formula is C20H16F2N6O5S. The van der Waals surface area contributed by atoms with Crippen LogP contribution in [-0.2, 0) is 11.3 Å². The van der Waals surface area contributed by atoms with Gasteiger partial charge in [-0.15, -0.1) is 11.3 Å². The first-order chi connectivity index (χ1) is 16.2. The quantitative estimate of drug-likeness (QED) is 0.278. The number of carbonyl (C=O) groups excluding carboxylic acids is 2. The summed E-state index contributed by atoms with van der Waals surface area (Å²) in [6.45, 7) is 1.63. The van der Waals surface area contributed by atoms with E-state index in [1.54, 1.807) is 19.1 Å². The molecule has 4 heterocycles. The number of nitrogens with zero attached hydrogens (tertiary/aromatic N) is 4. The number of fused-ring (bicyclic) bond motifs is 1. The van der Waals surface area contributed by atoms with E-state index in [-0.39, 0.29) is 50.9 Å². The van der Waals surface area contributed by atoms with Crippen molar-refractivity contribution < 1.29 is 27.7 Å². The molecule has 0 radical (unpaired) electrons. The smallest absolute Gasteiger partial charge is 0.390 e. The number of nitrogens with one attached hydrogen (secondary N) is 1. The van der Waals surface area contributed by atoms with Gasteiger partial charge >= 0.3 is 5.82 Å². The Hall–Kier alpha value is -4.20. The zero-order valence-electron chi connectivity index (χ0n) is 17.4. The summed E-state index contributed by atoms with van der Waals surface area (Å²) in [4.78, 5) is 39.0. The van der Waals surface area contributed by atoms with Crippen molar-refractivity contribution in [3.8, 4) is 11.3 Å². The van der Waals surface area contributed by atoms with Gasteiger partial charge in [0.1, 0.15) is 21.2 Å². The van der Waals surface area contributed by atoms with Crippen LogP contribution in [0, 0.1) is 17.0 Å². The fraction of sp³-hybridized carbons (Fsp3) is 0.200. The van der Waals surface area contributed by atoms with Crippen LogP contribution in [0.2, 0.25) is 0 Å². The lowest BCUT2D eigenvalue weighted by atomic mass is 10.1. The van der Waals surface area contributed by atoms with E-state index in [1.807, 2.05) is 0 Å². The van der Waals surface area contributed by atoms with Crippen molar-refractivity contribution in [2.75, 3.05) is 5.32 Å². The third-order valence-corrected chi connectivity index (χ3v) is 5.98. The Morgan fingerprint density at radius 2 is 2.15 bits per heavy atom. The molecule has 3 N–H and O–H groups in total. The van der Waals surface area contributed by atoms with Crippen LogP contribution in [0.4, 0.5) is 20.3 Å². The van der Waals surface area contributed by atoms with E-state index in [4.69, 9.17) is 10.2 Å². The molecule has 34 heavy (non-hydrogen) atoms. The third-order valence-electron chi connectivity index (χ3n) is 4.89. The van der Waals surface area contributed by atoms with E-state index in [0.29, 0.717) is 5.69 Å². The van der Waals surface area contributed by atoms with Crippen LogP contribution in [0.15, 0.2) is 34.9 Å². The van der Waals surface area contributed by atoms with Crippen LogP contribution in [-0.4, -0.2) is 31.5 Å². The normalized spacial score (nSPS) is 11.3. The Labute approximate surface area is 193 Å². The first-order valence-corrected chi connectivity index (χ1v) is 10.5. The van der Waals surface area contributed by atoms with Gasteiger partial charge in [-0.25, -0.2) is 13.8 Å². The molecule has 0 bridgehead atoms. The maximum absolute atomic E-state index is 13.4. The number of furan rings is 1. The summed E-state index contributed by atoms with van der Waals surface area (Å²) in [5.74, 6) is -1.54. The second kappa shape index (κ2) is 8.97. The number of anilines is 1. The van der Waals surface area contributed by atoms with Crippen LogP contribution < -0.4 is 11.1 Å². The van der Waals surface area contributed by atoms with Crippen molar-refractivity contribution in [1.82, 2.24) is 14.8 Å². The molecular weight excluding hydrogens is 474 g/mol. The standard InChI is InChI=1S/C20H16F2N6O5S/c1-9-7-13(28(31)32)26-27(9)5-4-14(29)25-16-15-10(12-3-2-6-33-12)8-11(18(21)22)24-20(15)34-17(16)19(23)30/h2-3,6-8,18H,4-5H2,1H3,(H2,23,30)(H,25,29). The van der Waals surface area contributed by atoms with Gasteiger partial charge in [-0.1, -0.05) is 0 Å². The fourth-order valence-electron chi connectivity index (χ4n) is 3.37. The molecule has 0 aliphatic heterocycles. The van der Waals surface area contributed by atoms with Gasteiger partial charge in [-0.2, -0.15) is 4.68 Å². The van der Waals surface area contributed by atoms with Crippen molar-refractivity contribution in [1.29, 1.82) is 0 Å². The van der Waals surface area contributed by atoms with Crippen molar-refractivity contribution >= 4 is 44.9 Å². The summed E-state index contributed by atoms with van der Waals surface area (Å²) < 4.78 is 33.6. The Balaban J connectivity index is 1.71. The van der Waals surface area contributed by atoms with Crippen LogP contribution in [0.5, 0.6) is 0 Å². The lowest BCUT2D eigenvalue weighted by molar-refractivity contribution is -0.389. The largest absolute Gasteiger partial charge is 0.464 e.